The number of aromatic nitrogens is 2. The third-order valence-electron chi connectivity index (χ3n) is 5.19. The standard InChI is InChI=1S/C18H25N3O2S/c1-11-5-7-14(8-6-11)21(4)15(22)9-23-17-16-12(2)13(3)24-18(16)20-10-19-17/h10-11,14H,5-9H2,1-4H3. The van der Waals surface area contributed by atoms with Crippen molar-refractivity contribution in [3.05, 3.63) is 16.8 Å². The second-order valence-corrected chi connectivity index (χ2v) is 8.05. The van der Waals surface area contributed by atoms with E-state index in [1.807, 2.05) is 18.9 Å². The number of thiophene rings is 1. The fourth-order valence-electron chi connectivity index (χ4n) is 3.32. The molecule has 130 valence electrons. The van der Waals surface area contributed by atoms with Crippen molar-refractivity contribution in [2.45, 2.75) is 52.5 Å². The highest BCUT2D eigenvalue weighted by Crippen LogP contribution is 2.33. The van der Waals surface area contributed by atoms with Gasteiger partial charge >= 0.3 is 0 Å². The Morgan fingerprint density at radius 3 is 2.71 bits per heavy atom. The zero-order valence-electron chi connectivity index (χ0n) is 14.8. The molecule has 0 atom stereocenters. The largest absolute Gasteiger partial charge is 0.467 e. The monoisotopic (exact) mass is 347 g/mol. The van der Waals surface area contributed by atoms with Crippen LogP contribution in [0.15, 0.2) is 6.33 Å². The van der Waals surface area contributed by atoms with Crippen LogP contribution in [-0.2, 0) is 4.79 Å². The minimum atomic E-state index is 0.0194. The van der Waals surface area contributed by atoms with Gasteiger partial charge in [0.1, 0.15) is 11.2 Å². The number of carbonyl (C=O) groups is 1. The molecule has 0 radical (unpaired) electrons. The van der Waals surface area contributed by atoms with E-state index in [0.29, 0.717) is 11.9 Å². The molecule has 0 aliphatic heterocycles. The minimum absolute atomic E-state index is 0.0194. The molecule has 6 heteroatoms. The van der Waals surface area contributed by atoms with Crippen LogP contribution in [0.4, 0.5) is 0 Å². The summed E-state index contributed by atoms with van der Waals surface area (Å²) in [5.41, 5.74) is 1.13. The number of ether oxygens (including phenoxy) is 1. The third kappa shape index (κ3) is 3.38. The topological polar surface area (TPSA) is 55.3 Å². The summed E-state index contributed by atoms with van der Waals surface area (Å²) < 4.78 is 5.77. The van der Waals surface area contributed by atoms with Gasteiger partial charge in [0.25, 0.3) is 5.91 Å². The van der Waals surface area contributed by atoms with Gasteiger partial charge in [-0.05, 0) is 51.0 Å². The fraction of sp³-hybridized carbons (Fsp3) is 0.611. The minimum Gasteiger partial charge on any atom is -0.467 e. The number of fused-ring (bicyclic) bond motifs is 1. The average Bonchev–Trinajstić information content (AvgIpc) is 2.88. The van der Waals surface area contributed by atoms with Crippen molar-refractivity contribution in [3.63, 3.8) is 0 Å². The Morgan fingerprint density at radius 2 is 2.00 bits per heavy atom. The van der Waals surface area contributed by atoms with Crippen LogP contribution in [0.25, 0.3) is 10.2 Å². The van der Waals surface area contributed by atoms with Crippen LogP contribution in [0, 0.1) is 19.8 Å². The van der Waals surface area contributed by atoms with E-state index >= 15 is 0 Å². The summed E-state index contributed by atoms with van der Waals surface area (Å²) in [6.45, 7) is 6.42. The van der Waals surface area contributed by atoms with Gasteiger partial charge < -0.3 is 9.64 Å². The molecule has 3 rings (SSSR count). The van der Waals surface area contributed by atoms with Gasteiger partial charge in [-0.1, -0.05) is 6.92 Å². The Morgan fingerprint density at radius 1 is 1.29 bits per heavy atom. The highest BCUT2D eigenvalue weighted by molar-refractivity contribution is 7.18. The van der Waals surface area contributed by atoms with Gasteiger partial charge in [0.15, 0.2) is 6.61 Å². The first-order valence-corrected chi connectivity index (χ1v) is 9.38. The number of rotatable bonds is 4. The first-order valence-electron chi connectivity index (χ1n) is 8.56. The molecule has 0 bridgehead atoms. The molecule has 2 aromatic heterocycles. The Bertz CT molecular complexity index is 735. The summed E-state index contributed by atoms with van der Waals surface area (Å²) in [5, 5.41) is 0.932. The molecule has 2 aromatic rings. The molecule has 2 heterocycles. The molecule has 1 fully saturated rings. The smallest absolute Gasteiger partial charge is 0.260 e. The molecule has 0 spiro atoms. The van der Waals surface area contributed by atoms with Crippen molar-refractivity contribution in [1.29, 1.82) is 0 Å². The van der Waals surface area contributed by atoms with Crippen LogP contribution in [-0.4, -0.2) is 40.5 Å². The number of hydrogen-bond acceptors (Lipinski definition) is 5. The fourth-order valence-corrected chi connectivity index (χ4v) is 4.31. The van der Waals surface area contributed by atoms with Crippen LogP contribution in [0.3, 0.4) is 0 Å². The molecular formula is C18H25N3O2S. The highest BCUT2D eigenvalue weighted by Gasteiger charge is 2.25. The van der Waals surface area contributed by atoms with E-state index in [1.165, 1.54) is 24.0 Å². The number of aryl methyl sites for hydroxylation is 2. The lowest BCUT2D eigenvalue weighted by atomic mass is 9.87. The number of carbonyl (C=O) groups excluding carboxylic acids is 1. The Balaban J connectivity index is 1.66. The summed E-state index contributed by atoms with van der Waals surface area (Å²) in [6.07, 6.45) is 6.07. The van der Waals surface area contributed by atoms with Gasteiger partial charge in [-0.2, -0.15) is 0 Å². The molecular weight excluding hydrogens is 322 g/mol. The molecule has 1 aliphatic carbocycles. The number of hydrogen-bond donors (Lipinski definition) is 0. The van der Waals surface area contributed by atoms with Crippen LogP contribution in [0.5, 0.6) is 5.88 Å². The van der Waals surface area contributed by atoms with E-state index in [0.717, 1.165) is 34.5 Å². The van der Waals surface area contributed by atoms with Crippen molar-refractivity contribution in [3.8, 4) is 5.88 Å². The van der Waals surface area contributed by atoms with Crippen molar-refractivity contribution in [2.75, 3.05) is 13.7 Å². The molecule has 24 heavy (non-hydrogen) atoms. The van der Waals surface area contributed by atoms with E-state index in [4.69, 9.17) is 4.74 Å². The number of likely N-dealkylation sites (N-methyl/N-ethyl adjacent to an activating group) is 1. The number of amides is 1. The summed E-state index contributed by atoms with van der Waals surface area (Å²) in [6, 6.07) is 0.341. The molecule has 1 aliphatic rings. The predicted molar refractivity (Wildman–Crippen MR) is 96.6 cm³/mol. The van der Waals surface area contributed by atoms with Gasteiger partial charge in [-0.15, -0.1) is 11.3 Å². The Labute approximate surface area is 147 Å². The van der Waals surface area contributed by atoms with Crippen LogP contribution in [0.1, 0.15) is 43.0 Å². The maximum Gasteiger partial charge on any atom is 0.260 e. The normalized spacial score (nSPS) is 21.0. The maximum atomic E-state index is 12.5. The zero-order chi connectivity index (χ0) is 17.3. The summed E-state index contributed by atoms with van der Waals surface area (Å²) in [7, 11) is 1.89. The summed E-state index contributed by atoms with van der Waals surface area (Å²) in [5.74, 6) is 1.31. The van der Waals surface area contributed by atoms with Gasteiger partial charge in [0.2, 0.25) is 5.88 Å². The van der Waals surface area contributed by atoms with Crippen LogP contribution in [0.2, 0.25) is 0 Å². The van der Waals surface area contributed by atoms with Crippen molar-refractivity contribution in [1.82, 2.24) is 14.9 Å². The predicted octanol–water partition coefficient (Wildman–Crippen LogP) is 3.72. The van der Waals surface area contributed by atoms with E-state index in [2.05, 4.69) is 23.8 Å². The quantitative estimate of drug-likeness (QED) is 0.846. The second-order valence-electron chi connectivity index (χ2n) is 6.85. The maximum absolute atomic E-state index is 12.5. The van der Waals surface area contributed by atoms with Crippen molar-refractivity contribution in [2.24, 2.45) is 5.92 Å². The van der Waals surface area contributed by atoms with Crippen molar-refractivity contribution < 1.29 is 9.53 Å². The summed E-state index contributed by atoms with van der Waals surface area (Å²) in [4.78, 5) is 25.0. The second kappa shape index (κ2) is 7.05. The molecule has 0 N–H and O–H groups in total. The van der Waals surface area contributed by atoms with Gasteiger partial charge in [0, 0.05) is 18.0 Å². The number of nitrogens with zero attached hydrogens (tertiary/aromatic N) is 3. The third-order valence-corrected chi connectivity index (χ3v) is 6.30. The SMILES string of the molecule is Cc1sc2ncnc(OCC(=O)N(C)C3CCC(C)CC3)c2c1C. The van der Waals surface area contributed by atoms with Gasteiger partial charge in [-0.3, -0.25) is 4.79 Å². The van der Waals surface area contributed by atoms with Gasteiger partial charge in [-0.25, -0.2) is 9.97 Å². The lowest BCUT2D eigenvalue weighted by Gasteiger charge is -2.33. The zero-order valence-corrected chi connectivity index (χ0v) is 15.7. The lowest BCUT2D eigenvalue weighted by molar-refractivity contribution is -0.134. The van der Waals surface area contributed by atoms with E-state index < -0.39 is 0 Å². The Kier molecular flexibility index (Phi) is 5.04. The molecule has 0 saturated heterocycles. The van der Waals surface area contributed by atoms with Crippen LogP contribution < -0.4 is 4.74 Å². The molecule has 0 aromatic carbocycles. The van der Waals surface area contributed by atoms with E-state index in [-0.39, 0.29) is 12.5 Å². The molecule has 5 nitrogen and oxygen atoms in total. The highest BCUT2D eigenvalue weighted by atomic mass is 32.1. The Hall–Kier alpha value is -1.69. The van der Waals surface area contributed by atoms with E-state index in [1.54, 1.807) is 11.3 Å². The summed E-state index contributed by atoms with van der Waals surface area (Å²) >= 11 is 1.63. The molecule has 1 amide bonds. The van der Waals surface area contributed by atoms with Crippen molar-refractivity contribution >= 4 is 27.5 Å². The first kappa shape index (κ1) is 17.1. The van der Waals surface area contributed by atoms with Gasteiger partial charge in [0.05, 0.1) is 5.39 Å². The van der Waals surface area contributed by atoms with Crippen LogP contribution >= 0.6 is 11.3 Å². The molecule has 0 unspecified atom stereocenters. The average molecular weight is 347 g/mol. The first-order chi connectivity index (χ1) is 11.5. The molecule has 1 saturated carbocycles. The van der Waals surface area contributed by atoms with E-state index in [9.17, 15) is 4.79 Å². The lowest BCUT2D eigenvalue weighted by Crippen LogP contribution is -2.41.